The molecule has 7 heteroatoms. The molecule has 0 N–H and O–H groups in total. The number of rotatable bonds is 5. The van der Waals surface area contributed by atoms with E-state index in [4.69, 9.17) is 9.72 Å². The van der Waals surface area contributed by atoms with Crippen molar-refractivity contribution in [2.24, 2.45) is 13.0 Å². The standard InChI is InChI=1S/C21H22N4O2S/c1-24-12-17(15-5-2-3-6-16(15)20(24)26)19-18(27-13-14-7-8-14)11-22-21(23-19)25-9-4-10-28-25/h2-3,5-6,11-12,14H,4,7-10,13H2,1H3. The molecule has 0 amide bonds. The van der Waals surface area contributed by atoms with Gasteiger partial charge in [-0.05, 0) is 48.6 Å². The van der Waals surface area contributed by atoms with E-state index in [1.165, 1.54) is 12.8 Å². The average molecular weight is 395 g/mol. The van der Waals surface area contributed by atoms with Crippen molar-refractivity contribution < 1.29 is 4.74 Å². The highest BCUT2D eigenvalue weighted by Gasteiger charge is 2.25. The van der Waals surface area contributed by atoms with E-state index >= 15 is 0 Å². The Hall–Kier alpha value is -2.54. The molecule has 3 aromatic rings. The second-order valence-corrected chi connectivity index (χ2v) is 8.54. The summed E-state index contributed by atoms with van der Waals surface area (Å²) in [5.74, 6) is 3.11. The molecule has 1 saturated carbocycles. The average Bonchev–Trinajstić information content (AvgIpc) is 3.40. The lowest BCUT2D eigenvalue weighted by molar-refractivity contribution is 0.299. The van der Waals surface area contributed by atoms with E-state index in [2.05, 4.69) is 9.29 Å². The number of hydrogen-bond acceptors (Lipinski definition) is 6. The first-order valence-corrected chi connectivity index (χ1v) is 10.6. The minimum absolute atomic E-state index is 0.0100. The third-order valence-electron chi connectivity index (χ3n) is 5.24. The Morgan fingerprint density at radius 2 is 2.07 bits per heavy atom. The summed E-state index contributed by atoms with van der Waals surface area (Å²) < 4.78 is 9.87. The molecular weight excluding hydrogens is 372 g/mol. The van der Waals surface area contributed by atoms with Gasteiger partial charge in [0.25, 0.3) is 5.56 Å². The van der Waals surface area contributed by atoms with E-state index in [0.29, 0.717) is 29.6 Å². The Labute approximate surface area is 167 Å². The molecule has 0 spiro atoms. The summed E-state index contributed by atoms with van der Waals surface area (Å²) in [6.45, 7) is 1.64. The zero-order valence-corrected chi connectivity index (χ0v) is 16.6. The monoisotopic (exact) mass is 394 g/mol. The van der Waals surface area contributed by atoms with Crippen LogP contribution >= 0.6 is 11.9 Å². The first-order valence-electron chi connectivity index (χ1n) is 9.70. The molecule has 0 atom stereocenters. The summed E-state index contributed by atoms with van der Waals surface area (Å²) in [6.07, 6.45) is 7.23. The van der Waals surface area contributed by atoms with Gasteiger partial charge in [0.2, 0.25) is 5.95 Å². The highest BCUT2D eigenvalue weighted by atomic mass is 32.2. The van der Waals surface area contributed by atoms with Crippen molar-refractivity contribution in [3.63, 3.8) is 0 Å². The van der Waals surface area contributed by atoms with Gasteiger partial charge in [0.15, 0.2) is 5.75 Å². The van der Waals surface area contributed by atoms with Crippen molar-refractivity contribution in [3.8, 4) is 17.0 Å². The number of aromatic nitrogens is 3. The lowest BCUT2D eigenvalue weighted by Crippen LogP contribution is -2.17. The summed E-state index contributed by atoms with van der Waals surface area (Å²) in [6, 6.07) is 7.69. The van der Waals surface area contributed by atoms with Gasteiger partial charge in [-0.2, -0.15) is 0 Å². The van der Waals surface area contributed by atoms with Crippen LogP contribution in [0.2, 0.25) is 0 Å². The fraction of sp³-hybridized carbons (Fsp3) is 0.381. The van der Waals surface area contributed by atoms with Crippen LogP contribution in [-0.4, -0.2) is 33.4 Å². The van der Waals surface area contributed by atoms with Gasteiger partial charge in [-0.15, -0.1) is 0 Å². The molecule has 6 nitrogen and oxygen atoms in total. The van der Waals surface area contributed by atoms with Crippen LogP contribution in [-0.2, 0) is 7.05 Å². The topological polar surface area (TPSA) is 60.3 Å². The van der Waals surface area contributed by atoms with Gasteiger partial charge in [-0.1, -0.05) is 18.2 Å². The maximum atomic E-state index is 12.6. The lowest BCUT2D eigenvalue weighted by Gasteiger charge is -2.18. The first kappa shape index (κ1) is 17.6. The van der Waals surface area contributed by atoms with Crippen molar-refractivity contribution in [1.29, 1.82) is 0 Å². The van der Waals surface area contributed by atoms with Crippen LogP contribution in [0.3, 0.4) is 0 Å². The second kappa shape index (κ2) is 7.13. The quantitative estimate of drug-likeness (QED) is 0.616. The smallest absolute Gasteiger partial charge is 0.258 e. The molecule has 1 aromatic carbocycles. The molecule has 1 aliphatic carbocycles. The van der Waals surface area contributed by atoms with Crippen LogP contribution in [0.1, 0.15) is 19.3 Å². The molecule has 1 aliphatic heterocycles. The lowest BCUT2D eigenvalue weighted by atomic mass is 10.0. The zero-order valence-electron chi connectivity index (χ0n) is 15.8. The largest absolute Gasteiger partial charge is 0.489 e. The van der Waals surface area contributed by atoms with Gasteiger partial charge in [0.1, 0.15) is 5.69 Å². The summed E-state index contributed by atoms with van der Waals surface area (Å²) in [5.41, 5.74) is 1.64. The number of anilines is 1. The van der Waals surface area contributed by atoms with Crippen LogP contribution in [0, 0.1) is 5.92 Å². The van der Waals surface area contributed by atoms with E-state index in [9.17, 15) is 4.79 Å². The van der Waals surface area contributed by atoms with Crippen LogP contribution < -0.4 is 14.6 Å². The number of nitrogens with zero attached hydrogens (tertiary/aromatic N) is 4. The minimum atomic E-state index is -0.0100. The number of fused-ring (bicyclic) bond motifs is 1. The maximum Gasteiger partial charge on any atom is 0.258 e. The van der Waals surface area contributed by atoms with E-state index in [0.717, 1.165) is 35.4 Å². The number of hydrogen-bond donors (Lipinski definition) is 0. The predicted octanol–water partition coefficient (Wildman–Crippen LogP) is 3.64. The number of pyridine rings is 1. The summed E-state index contributed by atoms with van der Waals surface area (Å²) in [4.78, 5) is 22.0. The zero-order chi connectivity index (χ0) is 19.1. The third-order valence-corrected chi connectivity index (χ3v) is 6.36. The van der Waals surface area contributed by atoms with E-state index in [1.54, 1.807) is 29.8 Å². The Morgan fingerprint density at radius 3 is 2.82 bits per heavy atom. The molecule has 2 aromatic heterocycles. The summed E-state index contributed by atoms with van der Waals surface area (Å²) in [7, 11) is 1.78. The number of ether oxygens (including phenoxy) is 1. The van der Waals surface area contributed by atoms with Crippen molar-refractivity contribution in [2.75, 3.05) is 23.2 Å². The molecule has 28 heavy (non-hydrogen) atoms. The molecule has 3 heterocycles. The highest BCUT2D eigenvalue weighted by Crippen LogP contribution is 2.37. The van der Waals surface area contributed by atoms with Crippen molar-refractivity contribution in [1.82, 2.24) is 14.5 Å². The van der Waals surface area contributed by atoms with Crippen molar-refractivity contribution in [2.45, 2.75) is 19.3 Å². The van der Waals surface area contributed by atoms with Gasteiger partial charge in [0, 0.05) is 36.5 Å². The normalized spacial score (nSPS) is 16.7. The molecule has 2 fully saturated rings. The Bertz CT molecular complexity index is 1090. The second-order valence-electron chi connectivity index (χ2n) is 7.43. The maximum absolute atomic E-state index is 12.6. The third kappa shape index (κ3) is 3.24. The number of benzene rings is 1. The highest BCUT2D eigenvalue weighted by molar-refractivity contribution is 8.00. The van der Waals surface area contributed by atoms with Gasteiger partial charge in [-0.25, -0.2) is 9.97 Å². The summed E-state index contributed by atoms with van der Waals surface area (Å²) >= 11 is 1.76. The number of aryl methyl sites for hydroxylation is 1. The van der Waals surface area contributed by atoms with Crippen LogP contribution in [0.4, 0.5) is 5.95 Å². The minimum Gasteiger partial charge on any atom is -0.489 e. The van der Waals surface area contributed by atoms with Gasteiger partial charge in [0.05, 0.1) is 12.8 Å². The molecule has 1 saturated heterocycles. The molecule has 144 valence electrons. The van der Waals surface area contributed by atoms with E-state index < -0.39 is 0 Å². The van der Waals surface area contributed by atoms with Gasteiger partial charge >= 0.3 is 0 Å². The van der Waals surface area contributed by atoms with Crippen molar-refractivity contribution in [3.05, 3.63) is 47.0 Å². The predicted molar refractivity (Wildman–Crippen MR) is 113 cm³/mol. The SMILES string of the molecule is Cn1cc(-c2nc(N3CCCS3)ncc2OCC2CC2)c2ccccc2c1=O. The molecule has 0 bridgehead atoms. The Kier molecular flexibility index (Phi) is 4.47. The van der Waals surface area contributed by atoms with Crippen LogP contribution in [0.25, 0.3) is 22.0 Å². The molecular formula is C21H22N4O2S. The van der Waals surface area contributed by atoms with E-state index in [1.807, 2.05) is 30.5 Å². The fourth-order valence-electron chi connectivity index (χ4n) is 3.48. The molecule has 0 unspecified atom stereocenters. The Balaban J connectivity index is 1.68. The Morgan fingerprint density at radius 1 is 1.25 bits per heavy atom. The van der Waals surface area contributed by atoms with E-state index in [-0.39, 0.29) is 5.56 Å². The molecule has 0 radical (unpaired) electrons. The van der Waals surface area contributed by atoms with Gasteiger partial charge < -0.3 is 9.30 Å². The van der Waals surface area contributed by atoms with Crippen LogP contribution in [0.5, 0.6) is 5.75 Å². The van der Waals surface area contributed by atoms with Crippen molar-refractivity contribution >= 4 is 28.7 Å². The first-order chi connectivity index (χ1) is 13.7. The fourth-order valence-corrected chi connectivity index (χ4v) is 4.42. The molecule has 2 aliphatic rings. The molecule has 5 rings (SSSR count). The van der Waals surface area contributed by atoms with Gasteiger partial charge in [-0.3, -0.25) is 9.10 Å². The summed E-state index contributed by atoms with van der Waals surface area (Å²) in [5, 5.41) is 1.58. The van der Waals surface area contributed by atoms with Crippen LogP contribution in [0.15, 0.2) is 41.5 Å².